The molecule has 1 saturated heterocycles. The number of hydrogen-bond donors (Lipinski definition) is 2. The van der Waals surface area contributed by atoms with Crippen molar-refractivity contribution in [1.29, 1.82) is 0 Å². The van der Waals surface area contributed by atoms with Crippen molar-refractivity contribution in [2.24, 2.45) is 0 Å². The minimum Gasteiger partial charge on any atom is -0.379 e. The third-order valence-electron chi connectivity index (χ3n) is 3.96. The average Bonchev–Trinajstić information content (AvgIpc) is 2.48. The van der Waals surface area contributed by atoms with Crippen LogP contribution in [0.1, 0.15) is 23.1 Å². The van der Waals surface area contributed by atoms with Crippen LogP contribution in [-0.4, -0.2) is 49.4 Å². The number of ether oxygens (including phenoxy) is 1. The molecule has 5 heteroatoms. The van der Waals surface area contributed by atoms with Gasteiger partial charge in [-0.3, -0.25) is 4.90 Å². The van der Waals surface area contributed by atoms with E-state index in [0.29, 0.717) is 5.11 Å². The molecule has 1 aliphatic heterocycles. The molecule has 4 nitrogen and oxygen atoms in total. The lowest BCUT2D eigenvalue weighted by Crippen LogP contribution is -2.38. The molecule has 1 aromatic carbocycles. The van der Waals surface area contributed by atoms with Gasteiger partial charge >= 0.3 is 0 Å². The van der Waals surface area contributed by atoms with E-state index in [4.69, 9.17) is 17.0 Å². The van der Waals surface area contributed by atoms with Crippen LogP contribution in [0.15, 0.2) is 12.1 Å². The SMILES string of the molecule is Cc1cc(C)c(NC(=S)NCCCN2CCOCC2)c(C)c1. The Bertz CT molecular complexity index is 490. The number of nitrogens with zero attached hydrogens (tertiary/aromatic N) is 1. The summed E-state index contributed by atoms with van der Waals surface area (Å²) >= 11 is 5.40. The summed E-state index contributed by atoms with van der Waals surface area (Å²) in [5.74, 6) is 0. The number of hydrogen-bond acceptors (Lipinski definition) is 3. The number of anilines is 1. The van der Waals surface area contributed by atoms with Gasteiger partial charge in [-0.2, -0.15) is 0 Å². The third kappa shape index (κ3) is 5.23. The molecular weight excluding hydrogens is 294 g/mol. The van der Waals surface area contributed by atoms with E-state index in [2.05, 4.69) is 48.4 Å². The van der Waals surface area contributed by atoms with Gasteiger partial charge in [0.2, 0.25) is 0 Å². The first-order chi connectivity index (χ1) is 10.6. The van der Waals surface area contributed by atoms with Crippen molar-refractivity contribution in [2.45, 2.75) is 27.2 Å². The summed E-state index contributed by atoms with van der Waals surface area (Å²) in [6.45, 7) is 12.2. The molecule has 0 aromatic heterocycles. The van der Waals surface area contributed by atoms with Gasteiger partial charge < -0.3 is 15.4 Å². The monoisotopic (exact) mass is 321 g/mol. The molecule has 122 valence electrons. The number of thiocarbonyl (C=S) groups is 1. The lowest BCUT2D eigenvalue weighted by Gasteiger charge is -2.26. The maximum Gasteiger partial charge on any atom is 0.170 e. The maximum atomic E-state index is 5.40. The number of aryl methyl sites for hydroxylation is 3. The Morgan fingerprint density at radius 2 is 1.82 bits per heavy atom. The van der Waals surface area contributed by atoms with Crippen LogP contribution in [0.2, 0.25) is 0 Å². The van der Waals surface area contributed by atoms with Gasteiger partial charge in [0.1, 0.15) is 0 Å². The summed E-state index contributed by atoms with van der Waals surface area (Å²) in [6, 6.07) is 4.35. The molecule has 0 radical (unpaired) electrons. The van der Waals surface area contributed by atoms with E-state index in [9.17, 15) is 0 Å². The van der Waals surface area contributed by atoms with Crippen LogP contribution in [0.4, 0.5) is 5.69 Å². The summed E-state index contributed by atoms with van der Waals surface area (Å²) in [7, 11) is 0. The van der Waals surface area contributed by atoms with Crippen LogP contribution in [0.5, 0.6) is 0 Å². The average molecular weight is 321 g/mol. The molecule has 0 bridgehead atoms. The van der Waals surface area contributed by atoms with Crippen LogP contribution in [0.3, 0.4) is 0 Å². The van der Waals surface area contributed by atoms with Crippen LogP contribution >= 0.6 is 12.2 Å². The lowest BCUT2D eigenvalue weighted by atomic mass is 10.1. The van der Waals surface area contributed by atoms with E-state index in [-0.39, 0.29) is 0 Å². The van der Waals surface area contributed by atoms with Crippen molar-refractivity contribution in [2.75, 3.05) is 44.7 Å². The van der Waals surface area contributed by atoms with Gasteiger partial charge in [-0.25, -0.2) is 0 Å². The van der Waals surface area contributed by atoms with Crippen LogP contribution in [0.25, 0.3) is 0 Å². The van der Waals surface area contributed by atoms with Gasteiger partial charge in [-0.1, -0.05) is 17.7 Å². The van der Waals surface area contributed by atoms with E-state index < -0.39 is 0 Å². The van der Waals surface area contributed by atoms with E-state index in [1.54, 1.807) is 0 Å². The zero-order valence-electron chi connectivity index (χ0n) is 13.9. The highest BCUT2D eigenvalue weighted by atomic mass is 32.1. The van der Waals surface area contributed by atoms with E-state index >= 15 is 0 Å². The largest absolute Gasteiger partial charge is 0.379 e. The molecule has 1 aromatic rings. The van der Waals surface area contributed by atoms with Crippen molar-refractivity contribution >= 4 is 23.0 Å². The second-order valence-corrected chi connectivity index (χ2v) is 6.37. The van der Waals surface area contributed by atoms with Crippen molar-refractivity contribution in [3.05, 3.63) is 28.8 Å². The van der Waals surface area contributed by atoms with E-state index in [0.717, 1.165) is 51.5 Å². The van der Waals surface area contributed by atoms with Crippen molar-refractivity contribution in [3.8, 4) is 0 Å². The van der Waals surface area contributed by atoms with Crippen molar-refractivity contribution in [1.82, 2.24) is 10.2 Å². The molecule has 0 amide bonds. The normalized spacial score (nSPS) is 15.6. The zero-order chi connectivity index (χ0) is 15.9. The first-order valence-corrected chi connectivity index (χ1v) is 8.40. The fraction of sp³-hybridized carbons (Fsp3) is 0.588. The molecule has 0 atom stereocenters. The Morgan fingerprint density at radius 1 is 1.18 bits per heavy atom. The Labute approximate surface area is 139 Å². The number of benzene rings is 1. The van der Waals surface area contributed by atoms with Gasteiger partial charge in [-0.05, 0) is 57.1 Å². The van der Waals surface area contributed by atoms with Gasteiger partial charge in [0.05, 0.1) is 13.2 Å². The molecule has 0 aliphatic carbocycles. The smallest absolute Gasteiger partial charge is 0.170 e. The topological polar surface area (TPSA) is 36.5 Å². The molecule has 1 heterocycles. The first kappa shape index (κ1) is 17.2. The molecule has 1 fully saturated rings. The molecule has 0 unspecified atom stereocenters. The Hall–Kier alpha value is -1.17. The summed E-state index contributed by atoms with van der Waals surface area (Å²) in [5.41, 5.74) is 4.87. The molecule has 22 heavy (non-hydrogen) atoms. The standard InChI is InChI=1S/C17H27N3OS/c1-13-11-14(2)16(15(3)12-13)19-17(22)18-5-4-6-20-7-9-21-10-8-20/h11-12H,4-10H2,1-3H3,(H2,18,19,22). The second kappa shape index (κ2) is 8.46. The Balaban J connectivity index is 1.71. The van der Waals surface area contributed by atoms with Crippen LogP contribution < -0.4 is 10.6 Å². The second-order valence-electron chi connectivity index (χ2n) is 5.96. The summed E-state index contributed by atoms with van der Waals surface area (Å²) < 4.78 is 5.35. The Kier molecular flexibility index (Phi) is 6.61. The number of nitrogens with one attached hydrogen (secondary N) is 2. The van der Waals surface area contributed by atoms with Gasteiger partial charge in [-0.15, -0.1) is 0 Å². The number of rotatable bonds is 5. The quantitative estimate of drug-likeness (QED) is 0.644. The molecule has 0 saturated carbocycles. The van der Waals surface area contributed by atoms with Crippen molar-refractivity contribution < 1.29 is 4.74 Å². The van der Waals surface area contributed by atoms with Crippen molar-refractivity contribution in [3.63, 3.8) is 0 Å². The molecule has 2 rings (SSSR count). The highest BCUT2D eigenvalue weighted by Gasteiger charge is 2.09. The van der Waals surface area contributed by atoms with Gasteiger partial charge in [0, 0.05) is 25.3 Å². The first-order valence-electron chi connectivity index (χ1n) is 7.99. The highest BCUT2D eigenvalue weighted by Crippen LogP contribution is 2.21. The van der Waals surface area contributed by atoms with E-state index in [1.807, 2.05) is 0 Å². The number of morpholine rings is 1. The third-order valence-corrected chi connectivity index (χ3v) is 4.20. The summed E-state index contributed by atoms with van der Waals surface area (Å²) in [5, 5.41) is 7.34. The fourth-order valence-electron chi connectivity index (χ4n) is 2.86. The van der Waals surface area contributed by atoms with Gasteiger partial charge in [0.25, 0.3) is 0 Å². The fourth-order valence-corrected chi connectivity index (χ4v) is 3.07. The molecule has 2 N–H and O–H groups in total. The lowest BCUT2D eigenvalue weighted by molar-refractivity contribution is 0.0376. The van der Waals surface area contributed by atoms with Gasteiger partial charge in [0.15, 0.2) is 5.11 Å². The molecule has 1 aliphatic rings. The molecular formula is C17H27N3OS. The van der Waals surface area contributed by atoms with E-state index in [1.165, 1.54) is 16.7 Å². The minimum absolute atomic E-state index is 0.706. The van der Waals surface area contributed by atoms with Crippen LogP contribution in [0, 0.1) is 20.8 Å². The highest BCUT2D eigenvalue weighted by molar-refractivity contribution is 7.80. The maximum absolute atomic E-state index is 5.40. The summed E-state index contributed by atoms with van der Waals surface area (Å²) in [6.07, 6.45) is 1.09. The predicted octanol–water partition coefficient (Wildman–Crippen LogP) is 2.62. The predicted molar refractivity (Wildman–Crippen MR) is 96.8 cm³/mol. The Morgan fingerprint density at radius 3 is 2.45 bits per heavy atom. The summed E-state index contributed by atoms with van der Waals surface area (Å²) in [4.78, 5) is 2.44. The zero-order valence-corrected chi connectivity index (χ0v) is 14.7. The van der Waals surface area contributed by atoms with Crippen LogP contribution in [-0.2, 0) is 4.74 Å². The molecule has 0 spiro atoms. The minimum atomic E-state index is 0.706.